The summed E-state index contributed by atoms with van der Waals surface area (Å²) in [6.45, 7) is 6.41. The van der Waals surface area contributed by atoms with E-state index in [4.69, 9.17) is 9.47 Å². The number of hydrogen-bond donors (Lipinski definition) is 1. The fourth-order valence-electron chi connectivity index (χ4n) is 2.15. The number of nitrogens with zero attached hydrogens (tertiary/aromatic N) is 1. The van der Waals surface area contributed by atoms with Crippen molar-refractivity contribution in [1.29, 1.82) is 0 Å². The van der Waals surface area contributed by atoms with Crippen molar-refractivity contribution < 1.29 is 14.6 Å². The van der Waals surface area contributed by atoms with Crippen molar-refractivity contribution in [2.45, 2.75) is 19.4 Å². The summed E-state index contributed by atoms with van der Waals surface area (Å²) >= 11 is 0. The highest BCUT2D eigenvalue weighted by Crippen LogP contribution is 2.13. The van der Waals surface area contributed by atoms with E-state index in [2.05, 4.69) is 24.0 Å². The summed E-state index contributed by atoms with van der Waals surface area (Å²) < 4.78 is 10.9. The topological polar surface area (TPSA) is 41.9 Å². The number of rotatable bonds is 6. The number of morpholine rings is 1. The predicted octanol–water partition coefficient (Wildman–Crippen LogP) is 1.32. The van der Waals surface area contributed by atoms with E-state index < -0.39 is 6.10 Å². The molecule has 19 heavy (non-hydrogen) atoms. The third-order valence-electron chi connectivity index (χ3n) is 3.35. The smallest absolute Gasteiger partial charge is 0.119 e. The largest absolute Gasteiger partial charge is 0.491 e. The van der Waals surface area contributed by atoms with Crippen LogP contribution in [0, 0.1) is 0 Å². The van der Waals surface area contributed by atoms with Crippen molar-refractivity contribution in [3.63, 3.8) is 0 Å². The quantitative estimate of drug-likeness (QED) is 0.842. The number of aliphatic hydroxyl groups is 1. The highest BCUT2D eigenvalue weighted by Gasteiger charge is 2.15. The maximum atomic E-state index is 9.96. The number of benzene rings is 1. The monoisotopic (exact) mass is 265 g/mol. The second kappa shape index (κ2) is 7.48. The lowest BCUT2D eigenvalue weighted by Gasteiger charge is -2.28. The van der Waals surface area contributed by atoms with Crippen LogP contribution >= 0.6 is 0 Å². The van der Waals surface area contributed by atoms with Crippen LogP contribution in [0.5, 0.6) is 5.75 Å². The third kappa shape index (κ3) is 4.82. The molecule has 0 bridgehead atoms. The Balaban J connectivity index is 1.71. The molecule has 0 spiro atoms. The number of ether oxygens (including phenoxy) is 2. The first-order valence-electron chi connectivity index (χ1n) is 6.98. The molecule has 1 atom stereocenters. The Morgan fingerprint density at radius 3 is 2.58 bits per heavy atom. The van der Waals surface area contributed by atoms with Crippen molar-refractivity contribution in [2.75, 3.05) is 39.5 Å². The van der Waals surface area contributed by atoms with Gasteiger partial charge in [0.25, 0.3) is 0 Å². The summed E-state index contributed by atoms with van der Waals surface area (Å²) in [4.78, 5) is 2.21. The van der Waals surface area contributed by atoms with Crippen LogP contribution in [0.4, 0.5) is 0 Å². The molecular formula is C15H23NO3. The molecule has 106 valence electrons. The van der Waals surface area contributed by atoms with Gasteiger partial charge in [-0.25, -0.2) is 0 Å². The zero-order valence-electron chi connectivity index (χ0n) is 11.5. The Kier molecular flexibility index (Phi) is 5.63. The van der Waals surface area contributed by atoms with Gasteiger partial charge in [0, 0.05) is 19.6 Å². The van der Waals surface area contributed by atoms with Crippen LogP contribution in [-0.4, -0.2) is 55.6 Å². The van der Waals surface area contributed by atoms with Crippen LogP contribution in [0.15, 0.2) is 24.3 Å². The maximum Gasteiger partial charge on any atom is 0.119 e. The van der Waals surface area contributed by atoms with Gasteiger partial charge in [-0.15, -0.1) is 0 Å². The molecule has 1 unspecified atom stereocenters. The molecule has 0 saturated carbocycles. The van der Waals surface area contributed by atoms with Crippen LogP contribution in [-0.2, 0) is 11.2 Å². The van der Waals surface area contributed by atoms with Crippen LogP contribution in [0.1, 0.15) is 12.5 Å². The van der Waals surface area contributed by atoms with Gasteiger partial charge in [-0.3, -0.25) is 4.90 Å². The normalized spacial score (nSPS) is 18.2. The van der Waals surface area contributed by atoms with Crippen molar-refractivity contribution in [2.24, 2.45) is 0 Å². The number of aliphatic hydroxyl groups excluding tert-OH is 1. The SMILES string of the molecule is CCc1ccc(OCC(O)CN2CCOCC2)cc1. The summed E-state index contributed by atoms with van der Waals surface area (Å²) in [5, 5.41) is 9.96. The molecule has 0 aromatic heterocycles. The van der Waals surface area contributed by atoms with Gasteiger partial charge in [-0.2, -0.15) is 0 Å². The first-order valence-corrected chi connectivity index (χ1v) is 6.98. The molecule has 0 radical (unpaired) electrons. The molecule has 2 rings (SSSR count). The van der Waals surface area contributed by atoms with Crippen LogP contribution < -0.4 is 4.74 Å². The lowest BCUT2D eigenvalue weighted by atomic mass is 10.2. The summed E-state index contributed by atoms with van der Waals surface area (Å²) in [6, 6.07) is 8.04. The summed E-state index contributed by atoms with van der Waals surface area (Å²) in [5.74, 6) is 0.818. The van der Waals surface area contributed by atoms with Gasteiger partial charge in [0.1, 0.15) is 18.5 Å². The van der Waals surface area contributed by atoms with Crippen LogP contribution in [0.3, 0.4) is 0 Å². The molecule has 4 nitrogen and oxygen atoms in total. The molecule has 0 amide bonds. The molecule has 1 heterocycles. The molecule has 1 saturated heterocycles. The van der Waals surface area contributed by atoms with Crippen molar-refractivity contribution >= 4 is 0 Å². The van der Waals surface area contributed by atoms with Crippen molar-refractivity contribution in [3.8, 4) is 5.75 Å². The minimum absolute atomic E-state index is 0.336. The average molecular weight is 265 g/mol. The fraction of sp³-hybridized carbons (Fsp3) is 0.600. The number of β-amino-alcohol motifs (C(OH)–C–C–N with tert-alkyl or cyclic N) is 1. The zero-order chi connectivity index (χ0) is 13.5. The Morgan fingerprint density at radius 1 is 1.26 bits per heavy atom. The van der Waals surface area contributed by atoms with Gasteiger partial charge in [0.2, 0.25) is 0 Å². The lowest BCUT2D eigenvalue weighted by molar-refractivity contribution is 0.00465. The number of aryl methyl sites for hydroxylation is 1. The molecule has 1 fully saturated rings. The van der Waals surface area contributed by atoms with Crippen molar-refractivity contribution in [3.05, 3.63) is 29.8 Å². The fourth-order valence-corrected chi connectivity index (χ4v) is 2.15. The van der Waals surface area contributed by atoms with E-state index in [1.165, 1.54) is 5.56 Å². The van der Waals surface area contributed by atoms with Gasteiger partial charge in [0.05, 0.1) is 13.2 Å². The molecular weight excluding hydrogens is 242 g/mol. The van der Waals surface area contributed by atoms with Crippen LogP contribution in [0.25, 0.3) is 0 Å². The second-order valence-electron chi connectivity index (χ2n) is 4.88. The summed E-state index contributed by atoms with van der Waals surface area (Å²) in [6.07, 6.45) is 0.573. The van der Waals surface area contributed by atoms with Crippen LogP contribution in [0.2, 0.25) is 0 Å². The molecule has 0 aliphatic carbocycles. The third-order valence-corrected chi connectivity index (χ3v) is 3.35. The molecule has 1 N–H and O–H groups in total. The minimum Gasteiger partial charge on any atom is -0.491 e. The van der Waals surface area contributed by atoms with Gasteiger partial charge in [-0.05, 0) is 24.1 Å². The zero-order valence-corrected chi connectivity index (χ0v) is 11.5. The highest BCUT2D eigenvalue weighted by atomic mass is 16.5. The van der Waals surface area contributed by atoms with E-state index in [0.29, 0.717) is 13.2 Å². The lowest BCUT2D eigenvalue weighted by Crippen LogP contribution is -2.42. The standard InChI is InChI=1S/C15H23NO3/c1-2-13-3-5-15(6-4-13)19-12-14(17)11-16-7-9-18-10-8-16/h3-6,14,17H,2,7-12H2,1H3. The Labute approximate surface area is 114 Å². The first kappa shape index (κ1) is 14.3. The summed E-state index contributed by atoms with van der Waals surface area (Å²) in [7, 11) is 0. The van der Waals surface area contributed by atoms with Gasteiger partial charge in [0.15, 0.2) is 0 Å². The second-order valence-corrected chi connectivity index (χ2v) is 4.88. The van der Waals surface area contributed by atoms with E-state index in [0.717, 1.165) is 38.5 Å². The van der Waals surface area contributed by atoms with E-state index in [-0.39, 0.29) is 0 Å². The summed E-state index contributed by atoms with van der Waals surface area (Å²) in [5.41, 5.74) is 1.29. The van der Waals surface area contributed by atoms with E-state index in [9.17, 15) is 5.11 Å². The Morgan fingerprint density at radius 2 is 1.95 bits per heavy atom. The van der Waals surface area contributed by atoms with Gasteiger partial charge in [-0.1, -0.05) is 19.1 Å². The van der Waals surface area contributed by atoms with E-state index in [1.807, 2.05) is 12.1 Å². The average Bonchev–Trinajstić information content (AvgIpc) is 2.47. The predicted molar refractivity (Wildman–Crippen MR) is 74.6 cm³/mol. The Hall–Kier alpha value is -1.10. The van der Waals surface area contributed by atoms with E-state index in [1.54, 1.807) is 0 Å². The highest BCUT2D eigenvalue weighted by molar-refractivity contribution is 5.27. The molecule has 1 aromatic rings. The Bertz CT molecular complexity index is 360. The maximum absolute atomic E-state index is 9.96. The minimum atomic E-state index is -0.455. The molecule has 4 heteroatoms. The van der Waals surface area contributed by atoms with Gasteiger partial charge >= 0.3 is 0 Å². The van der Waals surface area contributed by atoms with E-state index >= 15 is 0 Å². The van der Waals surface area contributed by atoms with Gasteiger partial charge < -0.3 is 14.6 Å². The molecule has 1 aliphatic rings. The first-order chi connectivity index (χ1) is 9.28. The molecule has 1 aromatic carbocycles. The molecule has 1 aliphatic heterocycles. The number of hydrogen-bond acceptors (Lipinski definition) is 4. The van der Waals surface area contributed by atoms with Crippen molar-refractivity contribution in [1.82, 2.24) is 4.90 Å².